The average molecular weight is 211 g/mol. The molecule has 1 aromatic heterocycles. The lowest BCUT2D eigenvalue weighted by Crippen LogP contribution is -2.14. The highest BCUT2D eigenvalue weighted by atomic mass is 35.5. The quantitative estimate of drug-likeness (QED) is 0.776. The van der Waals surface area contributed by atoms with Crippen LogP contribution in [0.15, 0.2) is 30.1 Å². The molecular weight excluding hydrogens is 196 g/mol. The predicted molar refractivity (Wildman–Crippen MR) is 60.5 cm³/mol. The third kappa shape index (κ3) is 2.82. The number of hydrogen-bond donors (Lipinski definition) is 1. The second-order valence-electron chi connectivity index (χ2n) is 3.41. The van der Waals surface area contributed by atoms with Crippen molar-refractivity contribution in [2.45, 2.75) is 19.9 Å². The summed E-state index contributed by atoms with van der Waals surface area (Å²) in [5.41, 5.74) is 2.32. The monoisotopic (exact) mass is 210 g/mol. The van der Waals surface area contributed by atoms with E-state index in [1.54, 1.807) is 12.4 Å². The van der Waals surface area contributed by atoms with E-state index in [2.05, 4.69) is 30.2 Å². The molecule has 1 heterocycles. The minimum absolute atomic E-state index is 0.162. The van der Waals surface area contributed by atoms with Crippen molar-refractivity contribution in [1.82, 2.24) is 10.3 Å². The Morgan fingerprint density at radius 2 is 2.29 bits per heavy atom. The Bertz CT molecular complexity index is 330. The molecule has 3 heteroatoms. The molecule has 2 nitrogen and oxygen atoms in total. The van der Waals surface area contributed by atoms with Gasteiger partial charge in [0.2, 0.25) is 0 Å². The van der Waals surface area contributed by atoms with Gasteiger partial charge in [0.05, 0.1) is 11.1 Å². The summed E-state index contributed by atoms with van der Waals surface area (Å²) in [6, 6.07) is 2.10. The second-order valence-corrected chi connectivity index (χ2v) is 3.81. The molecule has 0 spiro atoms. The van der Waals surface area contributed by atoms with E-state index in [0.29, 0.717) is 5.02 Å². The fraction of sp³-hybridized carbons (Fsp3) is 0.364. The Balaban J connectivity index is 3.01. The Kier molecular flexibility index (Phi) is 4.11. The standard InChI is InChI=1S/C11H15ClN2/c1-8(2)6-11(13-3)9-4-5-14-7-10(9)12/h4-7,11,13H,1-3H3. The van der Waals surface area contributed by atoms with Crippen LogP contribution in [0.1, 0.15) is 25.5 Å². The Labute approximate surface area is 90.0 Å². The van der Waals surface area contributed by atoms with Crippen LogP contribution in [0.2, 0.25) is 5.02 Å². The lowest BCUT2D eigenvalue weighted by molar-refractivity contribution is 0.709. The van der Waals surface area contributed by atoms with Gasteiger partial charge in [-0.25, -0.2) is 0 Å². The molecule has 76 valence electrons. The minimum atomic E-state index is 0.162. The molecule has 1 atom stereocenters. The second kappa shape index (κ2) is 5.13. The van der Waals surface area contributed by atoms with Crippen molar-refractivity contribution in [2.75, 3.05) is 7.05 Å². The fourth-order valence-corrected chi connectivity index (χ4v) is 1.54. The van der Waals surface area contributed by atoms with E-state index in [1.165, 1.54) is 5.57 Å². The van der Waals surface area contributed by atoms with Gasteiger partial charge in [-0.05, 0) is 32.5 Å². The van der Waals surface area contributed by atoms with Gasteiger partial charge in [-0.1, -0.05) is 23.3 Å². The SMILES string of the molecule is CNC(C=C(C)C)c1ccncc1Cl. The van der Waals surface area contributed by atoms with Crippen LogP contribution >= 0.6 is 11.6 Å². The molecule has 1 unspecified atom stereocenters. The fourth-order valence-electron chi connectivity index (χ4n) is 1.30. The summed E-state index contributed by atoms with van der Waals surface area (Å²) in [5.74, 6) is 0. The van der Waals surface area contributed by atoms with Gasteiger partial charge in [-0.3, -0.25) is 4.98 Å². The van der Waals surface area contributed by atoms with Crippen LogP contribution in [0.5, 0.6) is 0 Å². The van der Waals surface area contributed by atoms with Crippen LogP contribution < -0.4 is 5.32 Å². The topological polar surface area (TPSA) is 24.9 Å². The molecular formula is C11H15ClN2. The average Bonchev–Trinajstić information content (AvgIpc) is 2.15. The first-order valence-corrected chi connectivity index (χ1v) is 4.94. The van der Waals surface area contributed by atoms with Crippen molar-refractivity contribution >= 4 is 11.6 Å². The van der Waals surface area contributed by atoms with Crippen molar-refractivity contribution in [3.8, 4) is 0 Å². The summed E-state index contributed by atoms with van der Waals surface area (Å²) in [7, 11) is 1.92. The number of hydrogen-bond acceptors (Lipinski definition) is 2. The molecule has 0 fully saturated rings. The third-order valence-corrected chi connectivity index (χ3v) is 2.27. The van der Waals surface area contributed by atoms with E-state index >= 15 is 0 Å². The molecule has 0 radical (unpaired) electrons. The first-order valence-electron chi connectivity index (χ1n) is 4.57. The number of aromatic nitrogens is 1. The van der Waals surface area contributed by atoms with Gasteiger partial charge in [0.25, 0.3) is 0 Å². The Hall–Kier alpha value is -0.860. The molecule has 0 bridgehead atoms. The van der Waals surface area contributed by atoms with E-state index in [9.17, 15) is 0 Å². The molecule has 0 amide bonds. The normalized spacial score (nSPS) is 12.3. The highest BCUT2D eigenvalue weighted by Crippen LogP contribution is 2.23. The molecule has 1 aromatic rings. The third-order valence-electron chi connectivity index (χ3n) is 1.95. The van der Waals surface area contributed by atoms with Crippen molar-refractivity contribution < 1.29 is 0 Å². The van der Waals surface area contributed by atoms with Crippen LogP contribution in [-0.2, 0) is 0 Å². The molecule has 0 aliphatic rings. The number of nitrogens with zero attached hydrogens (tertiary/aromatic N) is 1. The van der Waals surface area contributed by atoms with Crippen LogP contribution in [0, 0.1) is 0 Å². The zero-order chi connectivity index (χ0) is 10.6. The summed E-state index contributed by atoms with van der Waals surface area (Å²) in [5, 5.41) is 3.90. The number of nitrogens with one attached hydrogen (secondary N) is 1. The summed E-state index contributed by atoms with van der Waals surface area (Å²) >= 11 is 6.05. The van der Waals surface area contributed by atoms with E-state index in [4.69, 9.17) is 11.6 Å². The van der Waals surface area contributed by atoms with Crippen LogP contribution in [0.3, 0.4) is 0 Å². The lowest BCUT2D eigenvalue weighted by atomic mass is 10.1. The molecule has 1 N–H and O–H groups in total. The minimum Gasteiger partial charge on any atom is -0.310 e. The van der Waals surface area contributed by atoms with Crippen LogP contribution in [0.25, 0.3) is 0 Å². The maximum absolute atomic E-state index is 6.05. The van der Waals surface area contributed by atoms with Crippen LogP contribution in [-0.4, -0.2) is 12.0 Å². The zero-order valence-electron chi connectivity index (χ0n) is 8.71. The van der Waals surface area contributed by atoms with Gasteiger partial charge in [-0.2, -0.15) is 0 Å². The van der Waals surface area contributed by atoms with Crippen LogP contribution in [0.4, 0.5) is 0 Å². The Morgan fingerprint density at radius 3 is 2.79 bits per heavy atom. The molecule has 0 aliphatic carbocycles. The molecule has 0 aromatic carbocycles. The molecule has 1 rings (SSSR count). The Morgan fingerprint density at radius 1 is 1.57 bits per heavy atom. The number of halogens is 1. The van der Waals surface area contributed by atoms with E-state index in [-0.39, 0.29) is 6.04 Å². The maximum atomic E-state index is 6.05. The lowest BCUT2D eigenvalue weighted by Gasteiger charge is -2.14. The molecule has 14 heavy (non-hydrogen) atoms. The van der Waals surface area contributed by atoms with Gasteiger partial charge in [0.15, 0.2) is 0 Å². The van der Waals surface area contributed by atoms with Crippen molar-refractivity contribution in [3.63, 3.8) is 0 Å². The van der Waals surface area contributed by atoms with Crippen molar-refractivity contribution in [1.29, 1.82) is 0 Å². The number of likely N-dealkylation sites (N-methyl/N-ethyl adjacent to an activating group) is 1. The summed E-state index contributed by atoms with van der Waals surface area (Å²) < 4.78 is 0. The molecule has 0 saturated heterocycles. The largest absolute Gasteiger partial charge is 0.310 e. The van der Waals surface area contributed by atoms with E-state index in [1.807, 2.05) is 13.1 Å². The highest BCUT2D eigenvalue weighted by molar-refractivity contribution is 6.31. The maximum Gasteiger partial charge on any atom is 0.0640 e. The number of allylic oxidation sites excluding steroid dienone is 1. The van der Waals surface area contributed by atoms with Gasteiger partial charge in [-0.15, -0.1) is 0 Å². The summed E-state index contributed by atoms with van der Waals surface area (Å²) in [4.78, 5) is 3.96. The first kappa shape index (κ1) is 11.2. The smallest absolute Gasteiger partial charge is 0.0640 e. The zero-order valence-corrected chi connectivity index (χ0v) is 9.47. The highest BCUT2D eigenvalue weighted by Gasteiger charge is 2.09. The summed E-state index contributed by atoms with van der Waals surface area (Å²) in [6.07, 6.45) is 5.56. The molecule has 0 aliphatic heterocycles. The van der Waals surface area contributed by atoms with Gasteiger partial charge in [0.1, 0.15) is 0 Å². The van der Waals surface area contributed by atoms with Gasteiger partial charge in [0, 0.05) is 12.4 Å². The molecule has 0 saturated carbocycles. The van der Waals surface area contributed by atoms with Gasteiger partial charge >= 0.3 is 0 Å². The van der Waals surface area contributed by atoms with Gasteiger partial charge < -0.3 is 5.32 Å². The van der Waals surface area contributed by atoms with Crippen molar-refractivity contribution in [2.24, 2.45) is 0 Å². The summed E-state index contributed by atoms with van der Waals surface area (Å²) in [6.45, 7) is 4.14. The first-order chi connectivity index (χ1) is 6.65. The van der Waals surface area contributed by atoms with E-state index in [0.717, 1.165) is 5.56 Å². The number of rotatable bonds is 3. The predicted octanol–water partition coefficient (Wildman–Crippen LogP) is 2.96. The van der Waals surface area contributed by atoms with E-state index < -0.39 is 0 Å². The number of pyridine rings is 1. The van der Waals surface area contributed by atoms with Crippen molar-refractivity contribution in [3.05, 3.63) is 40.7 Å².